The van der Waals surface area contributed by atoms with Crippen molar-refractivity contribution in [3.63, 3.8) is 0 Å². The number of nitrogens with two attached hydrogens (primary N) is 1. The smallest absolute Gasteiger partial charge is 0.264 e. The third kappa shape index (κ3) is 6.23. The first-order valence-electron chi connectivity index (χ1n) is 17.8. The summed E-state index contributed by atoms with van der Waals surface area (Å²) in [5.41, 5.74) is 8.99. The Hall–Kier alpha value is -6.42. The van der Waals surface area contributed by atoms with Crippen LogP contribution in [0.4, 0.5) is 21.5 Å². The number of benzene rings is 3. The molecular weight excluding hydrogens is 697 g/mol. The molecule has 0 bridgehead atoms. The standard InChI is InChI=1S/C38H36FN9O6/c39-22-6-4-8-25-31(22)33(40)32(36(52)44-25)34-42-23-11-10-20(19-26(23)43-34)47-17-15-46(16-18-47)14-2-1-9-28(49)41-24-7-3-5-21-30(24)38(54)48(37(21)53)27-12-13-29(50)45-35(27)51/h3-8,10-11,19,27H,1-2,9,12-18H2,(H,41,49)(H,42,43)(H3,40,44,52)(H,45,50,51). The molecule has 0 radical (unpaired) electrons. The van der Waals surface area contributed by atoms with Gasteiger partial charge in [0.1, 0.15) is 23.2 Å². The van der Waals surface area contributed by atoms with Crippen molar-refractivity contribution in [2.24, 2.45) is 0 Å². The van der Waals surface area contributed by atoms with Gasteiger partial charge in [0, 0.05) is 44.7 Å². The van der Waals surface area contributed by atoms with E-state index in [1.165, 1.54) is 18.2 Å². The molecule has 0 aliphatic carbocycles. The molecule has 5 aromatic rings. The van der Waals surface area contributed by atoms with Gasteiger partial charge in [-0.15, -0.1) is 0 Å². The molecule has 276 valence electrons. The second kappa shape index (κ2) is 13.9. The van der Waals surface area contributed by atoms with Crippen LogP contribution >= 0.6 is 0 Å². The van der Waals surface area contributed by atoms with E-state index in [1.54, 1.807) is 18.2 Å². The number of nitrogens with one attached hydrogen (secondary N) is 4. The number of aromatic nitrogens is 3. The van der Waals surface area contributed by atoms with E-state index in [0.29, 0.717) is 17.5 Å². The highest BCUT2D eigenvalue weighted by molar-refractivity contribution is 6.26. The molecule has 54 heavy (non-hydrogen) atoms. The Balaban J connectivity index is 0.832. The summed E-state index contributed by atoms with van der Waals surface area (Å²) in [7, 11) is 0. The fourth-order valence-electron chi connectivity index (χ4n) is 7.56. The van der Waals surface area contributed by atoms with Crippen LogP contribution < -0.4 is 26.8 Å². The topological polar surface area (TPSA) is 207 Å². The molecule has 2 saturated heterocycles. The lowest BCUT2D eigenvalue weighted by Gasteiger charge is -2.36. The van der Waals surface area contributed by atoms with E-state index < -0.39 is 41.0 Å². The molecule has 3 aliphatic rings. The van der Waals surface area contributed by atoms with Crippen LogP contribution in [0, 0.1) is 5.82 Å². The Kier molecular flexibility index (Phi) is 8.89. The lowest BCUT2D eigenvalue weighted by atomic mass is 10.0. The van der Waals surface area contributed by atoms with Gasteiger partial charge in [0.2, 0.25) is 17.7 Å². The van der Waals surface area contributed by atoms with Crippen molar-refractivity contribution >= 4 is 68.5 Å². The lowest BCUT2D eigenvalue weighted by Crippen LogP contribution is -2.54. The SMILES string of the molecule is Nc1c(-c2nc3ccc(N4CCN(CCCCC(=O)Nc5cccc6c5C(=O)N(C5CCC(=O)NC5=O)C6=O)CC4)cc3[nH]2)c(=O)[nH]c2cccc(F)c12. The zero-order valence-electron chi connectivity index (χ0n) is 29.0. The number of aromatic amines is 2. The maximum absolute atomic E-state index is 14.6. The largest absolute Gasteiger partial charge is 0.397 e. The highest BCUT2D eigenvalue weighted by atomic mass is 19.1. The minimum atomic E-state index is -1.09. The fraction of sp³-hybridized carbons (Fsp3) is 0.289. The molecular formula is C38H36FN9O6. The van der Waals surface area contributed by atoms with Gasteiger partial charge in [-0.2, -0.15) is 0 Å². The maximum atomic E-state index is 14.6. The number of anilines is 3. The number of carbonyl (C=O) groups excluding carboxylic acids is 5. The van der Waals surface area contributed by atoms with Gasteiger partial charge >= 0.3 is 0 Å². The summed E-state index contributed by atoms with van der Waals surface area (Å²) < 4.78 is 14.6. The number of H-pyrrole nitrogens is 2. The van der Waals surface area contributed by atoms with Crippen molar-refractivity contribution in [2.75, 3.05) is 48.7 Å². The number of imidazole rings is 1. The van der Waals surface area contributed by atoms with Crippen molar-refractivity contribution < 1.29 is 28.4 Å². The first-order valence-corrected chi connectivity index (χ1v) is 17.8. The van der Waals surface area contributed by atoms with Crippen LogP contribution in [0.25, 0.3) is 33.3 Å². The van der Waals surface area contributed by atoms with Crippen LogP contribution in [0.3, 0.4) is 0 Å². The third-order valence-electron chi connectivity index (χ3n) is 10.3. The lowest BCUT2D eigenvalue weighted by molar-refractivity contribution is -0.136. The number of halogens is 1. The molecule has 0 spiro atoms. The van der Waals surface area contributed by atoms with Crippen LogP contribution in [0.15, 0.2) is 59.4 Å². The predicted molar refractivity (Wildman–Crippen MR) is 198 cm³/mol. The van der Waals surface area contributed by atoms with Gasteiger partial charge in [0.05, 0.1) is 44.4 Å². The van der Waals surface area contributed by atoms with Crippen LogP contribution in [-0.2, 0) is 14.4 Å². The molecule has 1 atom stereocenters. The van der Waals surface area contributed by atoms with Crippen LogP contribution in [-0.4, -0.2) is 93.1 Å². The van der Waals surface area contributed by atoms with E-state index >= 15 is 0 Å². The Morgan fingerprint density at radius 2 is 1.70 bits per heavy atom. The maximum Gasteiger partial charge on any atom is 0.264 e. The number of nitrogens with zero attached hydrogens (tertiary/aromatic N) is 4. The van der Waals surface area contributed by atoms with Crippen molar-refractivity contribution in [1.29, 1.82) is 0 Å². The molecule has 2 aromatic heterocycles. The van der Waals surface area contributed by atoms with E-state index in [2.05, 4.69) is 35.4 Å². The number of fused-ring (bicyclic) bond motifs is 3. The van der Waals surface area contributed by atoms with Crippen molar-refractivity contribution in [2.45, 2.75) is 38.1 Å². The minimum absolute atomic E-state index is 0.0206. The fourth-order valence-corrected chi connectivity index (χ4v) is 7.56. The summed E-state index contributed by atoms with van der Waals surface area (Å²) in [5.74, 6) is -3.00. The van der Waals surface area contributed by atoms with E-state index in [-0.39, 0.29) is 64.4 Å². The van der Waals surface area contributed by atoms with Gasteiger partial charge in [0.15, 0.2) is 0 Å². The normalized spacial score (nSPS) is 17.8. The first-order chi connectivity index (χ1) is 26.1. The molecule has 15 nitrogen and oxygen atoms in total. The Labute approximate surface area is 306 Å². The number of piperazine rings is 1. The van der Waals surface area contributed by atoms with Crippen molar-refractivity contribution in [1.82, 2.24) is 30.1 Å². The van der Waals surface area contributed by atoms with Crippen LogP contribution in [0.2, 0.25) is 0 Å². The van der Waals surface area contributed by atoms with E-state index in [0.717, 1.165) is 55.2 Å². The van der Waals surface area contributed by atoms with Gasteiger partial charge in [-0.05, 0) is 68.3 Å². The number of unbranched alkanes of at least 4 members (excludes halogenated alkanes) is 1. The van der Waals surface area contributed by atoms with Gasteiger partial charge in [-0.1, -0.05) is 12.1 Å². The summed E-state index contributed by atoms with van der Waals surface area (Å²) in [6.45, 7) is 4.02. The zero-order chi connectivity index (χ0) is 37.7. The van der Waals surface area contributed by atoms with Crippen LogP contribution in [0.5, 0.6) is 0 Å². The average molecular weight is 734 g/mol. The number of carbonyl (C=O) groups is 5. The Morgan fingerprint density at radius 1 is 0.907 bits per heavy atom. The van der Waals surface area contributed by atoms with Crippen molar-refractivity contribution in [3.05, 3.63) is 81.9 Å². The van der Waals surface area contributed by atoms with Gasteiger partial charge in [-0.25, -0.2) is 9.37 Å². The summed E-state index contributed by atoms with van der Waals surface area (Å²) in [6.07, 6.45) is 1.69. The Morgan fingerprint density at radius 3 is 2.50 bits per heavy atom. The number of piperidine rings is 1. The number of nitrogen functional groups attached to an aromatic ring is 1. The van der Waals surface area contributed by atoms with E-state index in [9.17, 15) is 33.2 Å². The highest BCUT2D eigenvalue weighted by Gasteiger charge is 2.45. The molecule has 2 fully saturated rings. The molecule has 3 aliphatic heterocycles. The molecule has 6 N–H and O–H groups in total. The van der Waals surface area contributed by atoms with Crippen molar-refractivity contribution in [3.8, 4) is 11.4 Å². The van der Waals surface area contributed by atoms with E-state index in [4.69, 9.17) is 5.73 Å². The quantitative estimate of drug-likeness (QED) is 0.111. The van der Waals surface area contributed by atoms with Gasteiger partial charge < -0.3 is 25.9 Å². The number of hydrogen-bond acceptors (Lipinski definition) is 10. The molecule has 0 saturated carbocycles. The summed E-state index contributed by atoms with van der Waals surface area (Å²) in [4.78, 5) is 92.2. The molecule has 3 aromatic carbocycles. The third-order valence-corrected chi connectivity index (χ3v) is 10.3. The summed E-state index contributed by atoms with van der Waals surface area (Å²) in [5, 5.41) is 5.10. The van der Waals surface area contributed by atoms with Gasteiger partial charge in [0.25, 0.3) is 17.4 Å². The van der Waals surface area contributed by atoms with Gasteiger partial charge in [-0.3, -0.25) is 43.9 Å². The number of imide groups is 2. The Bertz CT molecular complexity index is 2450. The monoisotopic (exact) mass is 733 g/mol. The minimum Gasteiger partial charge on any atom is -0.397 e. The highest BCUT2D eigenvalue weighted by Crippen LogP contribution is 2.33. The summed E-state index contributed by atoms with van der Waals surface area (Å²) in [6, 6.07) is 13.8. The van der Waals surface area contributed by atoms with Crippen LogP contribution in [0.1, 0.15) is 52.8 Å². The average Bonchev–Trinajstić information content (AvgIpc) is 3.68. The first kappa shape index (κ1) is 34.7. The summed E-state index contributed by atoms with van der Waals surface area (Å²) >= 11 is 0. The zero-order valence-corrected chi connectivity index (χ0v) is 29.0. The second-order valence-corrected chi connectivity index (χ2v) is 13.7. The number of amides is 5. The number of pyridine rings is 1. The molecule has 5 amide bonds. The molecule has 16 heteroatoms. The van der Waals surface area contributed by atoms with E-state index in [1.807, 2.05) is 18.2 Å². The molecule has 1 unspecified atom stereocenters. The predicted octanol–water partition coefficient (Wildman–Crippen LogP) is 3.12. The second-order valence-electron chi connectivity index (χ2n) is 13.7. The molecule has 5 heterocycles. The number of rotatable bonds is 9. The molecule has 8 rings (SSSR count). The number of hydrogen-bond donors (Lipinski definition) is 5.